The summed E-state index contributed by atoms with van der Waals surface area (Å²) in [6.45, 7) is 0. The van der Waals surface area contributed by atoms with Gasteiger partial charge in [0.2, 0.25) is 0 Å². The molecule has 0 heterocycles. The third-order valence-corrected chi connectivity index (χ3v) is 1.53. The second-order valence-corrected chi connectivity index (χ2v) is 2.51. The Morgan fingerprint density at radius 3 is 2.07 bits per heavy atom. The lowest BCUT2D eigenvalue weighted by molar-refractivity contribution is -0.130. The summed E-state index contributed by atoms with van der Waals surface area (Å²) < 4.78 is 25.3. The zero-order valence-corrected chi connectivity index (χ0v) is 6.87. The molecule has 0 saturated heterocycles. The maximum atomic E-state index is 12.6. The highest BCUT2D eigenvalue weighted by Gasteiger charge is 2.12. The largest absolute Gasteiger partial charge is 0.515 e. The molecule has 0 fully saturated rings. The number of hydrogen-bond acceptors (Lipinski definition) is 2. The summed E-state index contributed by atoms with van der Waals surface area (Å²) >= 11 is 0. The van der Waals surface area contributed by atoms with Crippen LogP contribution < -0.4 is 0 Å². The number of halogens is 2. The van der Waals surface area contributed by atoms with Crippen LogP contribution in [0.2, 0.25) is 0 Å². The summed E-state index contributed by atoms with van der Waals surface area (Å²) in [7, 11) is 0. The van der Waals surface area contributed by atoms with Crippen molar-refractivity contribution in [3.8, 4) is 0 Å². The Morgan fingerprint density at radius 2 is 1.71 bits per heavy atom. The maximum absolute atomic E-state index is 12.6. The van der Waals surface area contributed by atoms with Gasteiger partial charge in [-0.15, -0.1) is 0 Å². The Kier molecular flexibility index (Phi) is 2.81. The van der Waals surface area contributed by atoms with E-state index in [4.69, 9.17) is 10.2 Å². The molecule has 2 N–H and O–H groups in total. The molecular weight excluding hydrogens is 194 g/mol. The Hall–Kier alpha value is -1.91. The number of rotatable bonds is 2. The Labute approximate surface area is 77.9 Å². The van der Waals surface area contributed by atoms with Gasteiger partial charge in [0, 0.05) is 6.07 Å². The van der Waals surface area contributed by atoms with Crippen molar-refractivity contribution in [1.82, 2.24) is 0 Å². The molecule has 0 spiro atoms. The van der Waals surface area contributed by atoms with E-state index < -0.39 is 23.2 Å². The minimum Gasteiger partial charge on any atom is -0.515 e. The van der Waals surface area contributed by atoms with Crippen LogP contribution in [0.5, 0.6) is 0 Å². The van der Waals surface area contributed by atoms with Gasteiger partial charge >= 0.3 is 5.97 Å². The molecule has 0 saturated carbocycles. The fourth-order valence-electron chi connectivity index (χ4n) is 0.963. The van der Waals surface area contributed by atoms with Crippen LogP contribution in [0.3, 0.4) is 0 Å². The Morgan fingerprint density at radius 1 is 1.21 bits per heavy atom. The van der Waals surface area contributed by atoms with Crippen LogP contribution in [-0.4, -0.2) is 16.2 Å². The molecule has 0 amide bonds. The number of carboxylic acid groups (broad SMARTS) is 1. The number of carboxylic acids is 1. The fourth-order valence-corrected chi connectivity index (χ4v) is 0.963. The number of aliphatic hydroxyl groups is 1. The van der Waals surface area contributed by atoms with Crippen molar-refractivity contribution in [2.24, 2.45) is 0 Å². The van der Waals surface area contributed by atoms with E-state index in [2.05, 4.69) is 0 Å². The number of aliphatic carboxylic acids is 1. The molecule has 1 aromatic rings. The highest BCUT2D eigenvalue weighted by atomic mass is 19.1. The second kappa shape index (κ2) is 3.87. The van der Waals surface area contributed by atoms with Crippen molar-refractivity contribution >= 4 is 11.5 Å². The topological polar surface area (TPSA) is 57.5 Å². The van der Waals surface area contributed by atoms with Crippen molar-refractivity contribution in [3.05, 3.63) is 41.7 Å². The first kappa shape index (κ1) is 10.2. The van der Waals surface area contributed by atoms with Crippen molar-refractivity contribution in [3.63, 3.8) is 0 Å². The summed E-state index contributed by atoms with van der Waals surface area (Å²) in [5.41, 5.74) is -0.791. The zero-order chi connectivity index (χ0) is 10.7. The fraction of sp³-hybridized carbons (Fsp3) is 0. The van der Waals surface area contributed by atoms with Gasteiger partial charge in [-0.25, -0.2) is 13.6 Å². The van der Waals surface area contributed by atoms with Crippen LogP contribution >= 0.6 is 0 Å². The number of benzene rings is 1. The molecule has 0 radical (unpaired) electrons. The van der Waals surface area contributed by atoms with Gasteiger partial charge in [-0.1, -0.05) is 0 Å². The van der Waals surface area contributed by atoms with E-state index in [1.807, 2.05) is 0 Å². The van der Waals surface area contributed by atoms with Crippen molar-refractivity contribution in [2.75, 3.05) is 0 Å². The van der Waals surface area contributed by atoms with Gasteiger partial charge < -0.3 is 10.2 Å². The summed E-state index contributed by atoms with van der Waals surface area (Å²) in [5, 5.41) is 17.1. The van der Waals surface area contributed by atoms with Gasteiger partial charge in [-0.2, -0.15) is 0 Å². The first-order chi connectivity index (χ1) is 6.54. The van der Waals surface area contributed by atoms with Crippen molar-refractivity contribution < 1.29 is 23.8 Å². The van der Waals surface area contributed by atoms with Crippen LogP contribution in [0, 0.1) is 11.6 Å². The molecule has 1 rings (SSSR count). The van der Waals surface area contributed by atoms with E-state index in [0.29, 0.717) is 6.07 Å². The molecule has 0 aliphatic heterocycles. The SMILES string of the molecule is O=C(O)/C(=C\O)c1cc(F)cc(F)c1. The summed E-state index contributed by atoms with van der Waals surface area (Å²) in [6, 6.07) is 2.25. The van der Waals surface area contributed by atoms with E-state index in [1.54, 1.807) is 0 Å². The third-order valence-electron chi connectivity index (χ3n) is 1.53. The molecule has 0 aromatic heterocycles. The normalized spacial score (nSPS) is 11.4. The molecule has 14 heavy (non-hydrogen) atoms. The third kappa shape index (κ3) is 2.07. The minimum atomic E-state index is -1.46. The molecule has 0 bridgehead atoms. The smallest absolute Gasteiger partial charge is 0.339 e. The molecule has 0 aliphatic rings. The highest BCUT2D eigenvalue weighted by Crippen LogP contribution is 2.17. The molecule has 5 heteroatoms. The molecule has 0 atom stereocenters. The monoisotopic (exact) mass is 200 g/mol. The first-order valence-electron chi connectivity index (χ1n) is 3.58. The Balaban J connectivity index is 3.24. The second-order valence-electron chi connectivity index (χ2n) is 2.51. The predicted molar refractivity (Wildman–Crippen MR) is 44.6 cm³/mol. The zero-order valence-electron chi connectivity index (χ0n) is 6.87. The molecule has 1 aromatic carbocycles. The van der Waals surface area contributed by atoms with Gasteiger partial charge in [0.05, 0.1) is 6.26 Å². The molecular formula is C9H6F2O3. The first-order valence-corrected chi connectivity index (χ1v) is 3.58. The van der Waals surface area contributed by atoms with E-state index >= 15 is 0 Å². The van der Waals surface area contributed by atoms with Crippen LogP contribution in [0.25, 0.3) is 5.57 Å². The van der Waals surface area contributed by atoms with Gasteiger partial charge in [0.25, 0.3) is 0 Å². The van der Waals surface area contributed by atoms with Crippen molar-refractivity contribution in [1.29, 1.82) is 0 Å². The van der Waals surface area contributed by atoms with Gasteiger partial charge in [0.1, 0.15) is 17.2 Å². The number of aliphatic hydroxyl groups excluding tert-OH is 1. The average Bonchev–Trinajstić information content (AvgIpc) is 2.02. The van der Waals surface area contributed by atoms with Crippen molar-refractivity contribution in [2.45, 2.75) is 0 Å². The van der Waals surface area contributed by atoms with E-state index in [-0.39, 0.29) is 11.8 Å². The Bertz CT molecular complexity index is 379. The molecule has 3 nitrogen and oxygen atoms in total. The van der Waals surface area contributed by atoms with Crippen LogP contribution in [-0.2, 0) is 4.79 Å². The maximum Gasteiger partial charge on any atom is 0.339 e. The predicted octanol–water partition coefficient (Wildman–Crippen LogP) is 1.95. The summed E-state index contributed by atoms with van der Waals surface area (Å²) in [4.78, 5) is 10.5. The highest BCUT2D eigenvalue weighted by molar-refractivity contribution is 6.14. The molecule has 74 valence electrons. The van der Waals surface area contributed by atoms with E-state index in [1.165, 1.54) is 0 Å². The minimum absolute atomic E-state index is 0.225. The van der Waals surface area contributed by atoms with Gasteiger partial charge in [-0.05, 0) is 17.7 Å². The lowest BCUT2D eigenvalue weighted by atomic mass is 10.1. The van der Waals surface area contributed by atoms with Gasteiger partial charge in [-0.3, -0.25) is 0 Å². The summed E-state index contributed by atoms with van der Waals surface area (Å²) in [5.74, 6) is -3.27. The van der Waals surface area contributed by atoms with Gasteiger partial charge in [0.15, 0.2) is 0 Å². The van der Waals surface area contributed by atoms with Crippen LogP contribution in [0.4, 0.5) is 8.78 Å². The average molecular weight is 200 g/mol. The van der Waals surface area contributed by atoms with Crippen LogP contribution in [0.15, 0.2) is 24.5 Å². The van der Waals surface area contributed by atoms with E-state index in [9.17, 15) is 13.6 Å². The quantitative estimate of drug-likeness (QED) is 0.566. The van der Waals surface area contributed by atoms with Crippen LogP contribution in [0.1, 0.15) is 5.56 Å². The molecule has 0 aliphatic carbocycles. The number of carbonyl (C=O) groups is 1. The lowest BCUT2D eigenvalue weighted by Gasteiger charge is -2.01. The standard InChI is InChI=1S/C9H6F2O3/c10-6-1-5(2-7(11)3-6)8(4-12)9(13)14/h1-4,12H,(H,13,14)/b8-4-. The number of hydrogen-bond donors (Lipinski definition) is 2. The van der Waals surface area contributed by atoms with E-state index in [0.717, 1.165) is 12.1 Å². The summed E-state index contributed by atoms with van der Waals surface area (Å²) in [6.07, 6.45) is 0.288. The lowest BCUT2D eigenvalue weighted by Crippen LogP contribution is -2.00. The molecule has 0 unspecified atom stereocenters.